The van der Waals surface area contributed by atoms with Gasteiger partial charge in [0.2, 0.25) is 0 Å². The van der Waals surface area contributed by atoms with Crippen LogP contribution in [0.1, 0.15) is 5.69 Å². The summed E-state index contributed by atoms with van der Waals surface area (Å²) in [6.07, 6.45) is 5.18. The number of hydrogen-bond donors (Lipinski definition) is 1. The van der Waals surface area contributed by atoms with Crippen molar-refractivity contribution < 1.29 is 5.11 Å². The molecule has 2 aromatic rings. The summed E-state index contributed by atoms with van der Waals surface area (Å²) in [6, 6.07) is 7.64. The number of aliphatic hydroxyl groups is 1. The zero-order chi connectivity index (χ0) is 9.80. The van der Waals surface area contributed by atoms with Crippen molar-refractivity contribution in [2.24, 2.45) is 0 Å². The van der Waals surface area contributed by atoms with E-state index in [0.29, 0.717) is 5.69 Å². The molecule has 0 bridgehead atoms. The van der Waals surface area contributed by atoms with Gasteiger partial charge in [-0.2, -0.15) is 0 Å². The minimum Gasteiger partial charge on any atom is -0.390 e. The van der Waals surface area contributed by atoms with Gasteiger partial charge in [0.1, 0.15) is 0 Å². The largest absolute Gasteiger partial charge is 0.390 e. The van der Waals surface area contributed by atoms with Crippen LogP contribution in [0.15, 0.2) is 42.9 Å². The molecule has 3 nitrogen and oxygen atoms in total. The van der Waals surface area contributed by atoms with Gasteiger partial charge in [0, 0.05) is 18.6 Å². The Hall–Kier alpha value is -1.74. The van der Waals surface area contributed by atoms with Crippen LogP contribution in [-0.2, 0) is 6.61 Å². The fraction of sp³-hybridized carbons (Fsp3) is 0.0909. The van der Waals surface area contributed by atoms with Crippen LogP contribution in [0.5, 0.6) is 0 Å². The number of hydrogen-bond acceptors (Lipinski definition) is 3. The molecule has 0 atom stereocenters. The molecule has 2 aromatic heterocycles. The Bertz CT molecular complexity index is 415. The molecule has 0 aliphatic carbocycles. The first-order chi connectivity index (χ1) is 6.90. The molecular formula is C11H10N2O. The Balaban J connectivity index is 2.42. The van der Waals surface area contributed by atoms with Gasteiger partial charge in [-0.15, -0.1) is 0 Å². The van der Waals surface area contributed by atoms with Gasteiger partial charge in [0.25, 0.3) is 0 Å². The molecule has 14 heavy (non-hydrogen) atoms. The van der Waals surface area contributed by atoms with Crippen LogP contribution in [-0.4, -0.2) is 15.1 Å². The van der Waals surface area contributed by atoms with E-state index in [9.17, 15) is 0 Å². The highest BCUT2D eigenvalue weighted by molar-refractivity contribution is 5.62. The molecule has 0 aromatic carbocycles. The highest BCUT2D eigenvalue weighted by Crippen LogP contribution is 2.17. The topological polar surface area (TPSA) is 46.0 Å². The lowest BCUT2D eigenvalue weighted by Gasteiger charge is -2.01. The van der Waals surface area contributed by atoms with Crippen LogP contribution < -0.4 is 0 Å². The lowest BCUT2D eigenvalue weighted by Crippen LogP contribution is -1.88. The molecule has 0 aliphatic rings. The first kappa shape index (κ1) is 8.84. The van der Waals surface area contributed by atoms with Crippen molar-refractivity contribution in [2.45, 2.75) is 6.61 Å². The van der Waals surface area contributed by atoms with E-state index in [0.717, 1.165) is 11.1 Å². The van der Waals surface area contributed by atoms with Crippen molar-refractivity contribution in [1.82, 2.24) is 9.97 Å². The smallest absolute Gasteiger partial charge is 0.0853 e. The monoisotopic (exact) mass is 186 g/mol. The van der Waals surface area contributed by atoms with Crippen LogP contribution >= 0.6 is 0 Å². The van der Waals surface area contributed by atoms with Crippen molar-refractivity contribution in [3.63, 3.8) is 0 Å². The van der Waals surface area contributed by atoms with Gasteiger partial charge in [0.15, 0.2) is 0 Å². The molecule has 0 amide bonds. The molecule has 0 unspecified atom stereocenters. The highest BCUT2D eigenvalue weighted by Gasteiger charge is 1.98. The maximum Gasteiger partial charge on any atom is 0.0853 e. The quantitative estimate of drug-likeness (QED) is 0.775. The van der Waals surface area contributed by atoms with Crippen LogP contribution in [0.3, 0.4) is 0 Å². The van der Waals surface area contributed by atoms with Crippen molar-refractivity contribution in [3.8, 4) is 11.1 Å². The van der Waals surface area contributed by atoms with E-state index in [2.05, 4.69) is 9.97 Å². The minimum atomic E-state index is -0.0288. The van der Waals surface area contributed by atoms with Crippen LogP contribution in [0, 0.1) is 0 Å². The number of aliphatic hydroxyl groups excluding tert-OH is 1. The van der Waals surface area contributed by atoms with Crippen molar-refractivity contribution in [1.29, 1.82) is 0 Å². The number of pyridine rings is 2. The summed E-state index contributed by atoms with van der Waals surface area (Å²) >= 11 is 0. The maximum absolute atomic E-state index is 8.93. The zero-order valence-corrected chi connectivity index (χ0v) is 7.59. The van der Waals surface area contributed by atoms with Gasteiger partial charge in [-0.25, -0.2) is 0 Å². The molecule has 3 heteroatoms. The Kier molecular flexibility index (Phi) is 2.51. The third kappa shape index (κ3) is 1.78. The summed E-state index contributed by atoms with van der Waals surface area (Å²) in [6.45, 7) is -0.0288. The van der Waals surface area contributed by atoms with Crippen molar-refractivity contribution in [2.75, 3.05) is 0 Å². The molecule has 0 spiro atoms. The van der Waals surface area contributed by atoms with Crippen LogP contribution in [0.2, 0.25) is 0 Å². The van der Waals surface area contributed by atoms with Gasteiger partial charge in [0.05, 0.1) is 12.3 Å². The van der Waals surface area contributed by atoms with E-state index in [1.165, 1.54) is 0 Å². The van der Waals surface area contributed by atoms with E-state index in [4.69, 9.17) is 5.11 Å². The SMILES string of the molecule is OCc1cc(-c2ccncc2)ccn1. The zero-order valence-electron chi connectivity index (χ0n) is 7.59. The second-order valence-electron chi connectivity index (χ2n) is 2.93. The summed E-state index contributed by atoms with van der Waals surface area (Å²) < 4.78 is 0. The predicted octanol–water partition coefficient (Wildman–Crippen LogP) is 1.64. The molecule has 1 N–H and O–H groups in total. The number of nitrogens with zero attached hydrogens (tertiary/aromatic N) is 2. The third-order valence-corrected chi connectivity index (χ3v) is 1.99. The van der Waals surface area contributed by atoms with Gasteiger partial charge >= 0.3 is 0 Å². The van der Waals surface area contributed by atoms with E-state index >= 15 is 0 Å². The van der Waals surface area contributed by atoms with E-state index in [-0.39, 0.29) is 6.61 Å². The van der Waals surface area contributed by atoms with Crippen LogP contribution in [0.25, 0.3) is 11.1 Å². The molecule has 0 saturated heterocycles. The average molecular weight is 186 g/mol. The minimum absolute atomic E-state index is 0.0288. The molecule has 2 rings (SSSR count). The normalized spacial score (nSPS) is 10.1. The lowest BCUT2D eigenvalue weighted by atomic mass is 10.1. The summed E-state index contributed by atoms with van der Waals surface area (Å²) in [7, 11) is 0. The molecule has 0 radical (unpaired) electrons. The van der Waals surface area contributed by atoms with E-state index < -0.39 is 0 Å². The number of aromatic nitrogens is 2. The molecule has 0 fully saturated rings. The van der Waals surface area contributed by atoms with E-state index in [1.807, 2.05) is 24.3 Å². The summed E-state index contributed by atoms with van der Waals surface area (Å²) in [4.78, 5) is 7.97. The Morgan fingerprint density at radius 2 is 1.71 bits per heavy atom. The molecule has 0 saturated carbocycles. The predicted molar refractivity (Wildman–Crippen MR) is 53.4 cm³/mol. The maximum atomic E-state index is 8.93. The molecule has 70 valence electrons. The second kappa shape index (κ2) is 3.98. The average Bonchev–Trinajstić information content (AvgIpc) is 2.30. The number of rotatable bonds is 2. The fourth-order valence-corrected chi connectivity index (χ4v) is 1.29. The van der Waals surface area contributed by atoms with Gasteiger partial charge in [-0.05, 0) is 35.4 Å². The standard InChI is InChI=1S/C11H10N2O/c14-8-11-7-10(3-6-13-11)9-1-4-12-5-2-9/h1-7,14H,8H2. The fourth-order valence-electron chi connectivity index (χ4n) is 1.29. The van der Waals surface area contributed by atoms with Crippen molar-refractivity contribution in [3.05, 3.63) is 48.5 Å². The summed E-state index contributed by atoms with van der Waals surface area (Å²) in [5.41, 5.74) is 2.81. The molecule has 0 aliphatic heterocycles. The van der Waals surface area contributed by atoms with E-state index in [1.54, 1.807) is 18.6 Å². The summed E-state index contributed by atoms with van der Waals surface area (Å²) in [5.74, 6) is 0. The Morgan fingerprint density at radius 1 is 1.00 bits per heavy atom. The van der Waals surface area contributed by atoms with Crippen LogP contribution in [0.4, 0.5) is 0 Å². The third-order valence-electron chi connectivity index (χ3n) is 1.99. The molecule has 2 heterocycles. The first-order valence-electron chi connectivity index (χ1n) is 4.36. The second-order valence-corrected chi connectivity index (χ2v) is 2.93. The summed E-state index contributed by atoms with van der Waals surface area (Å²) in [5, 5.41) is 8.93. The lowest BCUT2D eigenvalue weighted by molar-refractivity contribution is 0.277. The van der Waals surface area contributed by atoms with Gasteiger partial charge < -0.3 is 5.11 Å². The highest BCUT2D eigenvalue weighted by atomic mass is 16.3. The van der Waals surface area contributed by atoms with Gasteiger partial charge in [-0.3, -0.25) is 9.97 Å². The Labute approximate surface area is 82.1 Å². The molecular weight excluding hydrogens is 176 g/mol. The van der Waals surface area contributed by atoms with Crippen molar-refractivity contribution >= 4 is 0 Å². The van der Waals surface area contributed by atoms with Gasteiger partial charge in [-0.1, -0.05) is 0 Å². The Morgan fingerprint density at radius 3 is 2.43 bits per heavy atom. The first-order valence-corrected chi connectivity index (χ1v) is 4.36.